The highest BCUT2D eigenvalue weighted by atomic mass is 79.9. The second-order valence-corrected chi connectivity index (χ2v) is 7.63. The monoisotopic (exact) mass is 366 g/mol. The van der Waals surface area contributed by atoms with Crippen molar-refractivity contribution in [2.75, 3.05) is 0 Å². The molecule has 0 bridgehead atoms. The van der Waals surface area contributed by atoms with E-state index in [2.05, 4.69) is 67.1 Å². The van der Waals surface area contributed by atoms with Crippen LogP contribution in [0.4, 0.5) is 0 Å². The molecule has 1 aromatic carbocycles. The predicted octanol–water partition coefficient (Wildman–Crippen LogP) is 5.33. The molecular weight excluding hydrogens is 344 g/mol. The number of aromatic nitrogens is 1. The van der Waals surface area contributed by atoms with Gasteiger partial charge in [0.25, 0.3) is 0 Å². The molecule has 0 saturated heterocycles. The minimum absolute atomic E-state index is 0.499. The van der Waals surface area contributed by atoms with E-state index in [0.29, 0.717) is 6.04 Å². The first-order valence-electron chi connectivity index (χ1n) is 7.49. The van der Waals surface area contributed by atoms with E-state index in [1.807, 2.05) is 11.3 Å². The van der Waals surface area contributed by atoms with Crippen molar-refractivity contribution in [3.63, 3.8) is 0 Å². The number of thiazole rings is 1. The minimum Gasteiger partial charge on any atom is -0.310 e. The summed E-state index contributed by atoms with van der Waals surface area (Å²) in [6.45, 7) is 9.64. The standard InChI is InChI=1S/C17H23BrN2S/c1-5-6-15-16(10-19-11(2)3)21-17(20-15)14-8-7-13(18)9-12(14)4/h7-9,11,19H,5-6,10H2,1-4H3. The molecule has 0 atom stereocenters. The average Bonchev–Trinajstić information content (AvgIpc) is 2.80. The third-order valence-electron chi connectivity index (χ3n) is 3.35. The van der Waals surface area contributed by atoms with Crippen molar-refractivity contribution in [1.29, 1.82) is 0 Å². The summed E-state index contributed by atoms with van der Waals surface area (Å²) in [7, 11) is 0. The first kappa shape index (κ1) is 16.7. The predicted molar refractivity (Wildman–Crippen MR) is 96.0 cm³/mol. The van der Waals surface area contributed by atoms with Crippen LogP contribution in [0.1, 0.15) is 43.3 Å². The number of halogens is 1. The van der Waals surface area contributed by atoms with Crippen LogP contribution in [0.25, 0.3) is 10.6 Å². The molecule has 0 amide bonds. The number of hydrogen-bond donors (Lipinski definition) is 1. The Labute approximate surface area is 140 Å². The van der Waals surface area contributed by atoms with Gasteiger partial charge in [0.05, 0.1) is 5.69 Å². The highest BCUT2D eigenvalue weighted by Crippen LogP contribution is 2.32. The highest BCUT2D eigenvalue weighted by molar-refractivity contribution is 9.10. The van der Waals surface area contributed by atoms with E-state index in [9.17, 15) is 0 Å². The summed E-state index contributed by atoms with van der Waals surface area (Å²) in [6.07, 6.45) is 2.19. The Kier molecular flexibility index (Phi) is 5.97. The molecule has 0 aliphatic carbocycles. The van der Waals surface area contributed by atoms with Crippen molar-refractivity contribution in [1.82, 2.24) is 10.3 Å². The van der Waals surface area contributed by atoms with Gasteiger partial charge in [-0.05, 0) is 31.0 Å². The Hall–Kier alpha value is -0.710. The lowest BCUT2D eigenvalue weighted by molar-refractivity contribution is 0.589. The Morgan fingerprint density at radius 3 is 2.71 bits per heavy atom. The Morgan fingerprint density at radius 1 is 1.33 bits per heavy atom. The summed E-state index contributed by atoms with van der Waals surface area (Å²) in [5.74, 6) is 0. The van der Waals surface area contributed by atoms with Crippen LogP contribution in [0.15, 0.2) is 22.7 Å². The summed E-state index contributed by atoms with van der Waals surface area (Å²) in [6, 6.07) is 6.91. The lowest BCUT2D eigenvalue weighted by atomic mass is 10.1. The Bertz CT molecular complexity index is 605. The molecule has 114 valence electrons. The molecule has 0 radical (unpaired) electrons. The van der Waals surface area contributed by atoms with Gasteiger partial charge in [-0.15, -0.1) is 11.3 Å². The zero-order valence-corrected chi connectivity index (χ0v) is 15.6. The molecule has 2 rings (SSSR count). The minimum atomic E-state index is 0.499. The van der Waals surface area contributed by atoms with E-state index in [0.717, 1.165) is 28.9 Å². The fraction of sp³-hybridized carbons (Fsp3) is 0.471. The molecule has 0 unspecified atom stereocenters. The van der Waals surface area contributed by atoms with Crippen molar-refractivity contribution in [2.45, 2.75) is 53.1 Å². The molecule has 1 N–H and O–H groups in total. The van der Waals surface area contributed by atoms with Gasteiger partial charge in [0.15, 0.2) is 0 Å². The lowest BCUT2D eigenvalue weighted by Gasteiger charge is -2.07. The van der Waals surface area contributed by atoms with E-state index >= 15 is 0 Å². The Morgan fingerprint density at radius 2 is 2.10 bits per heavy atom. The quantitative estimate of drug-likeness (QED) is 0.746. The fourth-order valence-corrected chi connectivity index (χ4v) is 3.86. The number of rotatable bonds is 6. The first-order valence-corrected chi connectivity index (χ1v) is 9.10. The number of aryl methyl sites for hydroxylation is 2. The van der Waals surface area contributed by atoms with Gasteiger partial charge in [0, 0.05) is 27.5 Å². The fourth-order valence-electron chi connectivity index (χ4n) is 2.23. The van der Waals surface area contributed by atoms with Crippen molar-refractivity contribution >= 4 is 27.3 Å². The van der Waals surface area contributed by atoms with Crippen LogP contribution in [0, 0.1) is 6.92 Å². The number of benzene rings is 1. The van der Waals surface area contributed by atoms with Gasteiger partial charge in [0.2, 0.25) is 0 Å². The summed E-state index contributed by atoms with van der Waals surface area (Å²) < 4.78 is 1.12. The zero-order chi connectivity index (χ0) is 15.4. The van der Waals surface area contributed by atoms with Crippen molar-refractivity contribution in [3.8, 4) is 10.6 Å². The van der Waals surface area contributed by atoms with E-state index in [1.54, 1.807) is 0 Å². The molecule has 0 aliphatic heterocycles. The largest absolute Gasteiger partial charge is 0.310 e. The number of hydrogen-bond acceptors (Lipinski definition) is 3. The van der Waals surface area contributed by atoms with E-state index in [1.165, 1.54) is 21.7 Å². The number of nitrogens with zero attached hydrogens (tertiary/aromatic N) is 1. The van der Waals surface area contributed by atoms with Crippen LogP contribution in [-0.4, -0.2) is 11.0 Å². The molecule has 2 nitrogen and oxygen atoms in total. The van der Waals surface area contributed by atoms with Gasteiger partial charge in [0.1, 0.15) is 5.01 Å². The highest BCUT2D eigenvalue weighted by Gasteiger charge is 2.13. The third kappa shape index (κ3) is 4.38. The third-order valence-corrected chi connectivity index (χ3v) is 4.98. The van der Waals surface area contributed by atoms with Crippen LogP contribution in [-0.2, 0) is 13.0 Å². The maximum atomic E-state index is 4.90. The molecule has 21 heavy (non-hydrogen) atoms. The topological polar surface area (TPSA) is 24.9 Å². The van der Waals surface area contributed by atoms with Crippen LogP contribution < -0.4 is 5.32 Å². The van der Waals surface area contributed by atoms with Gasteiger partial charge in [-0.3, -0.25) is 0 Å². The van der Waals surface area contributed by atoms with Crippen molar-refractivity contribution in [2.24, 2.45) is 0 Å². The molecule has 1 aromatic heterocycles. The molecule has 2 aromatic rings. The molecule has 0 saturated carbocycles. The SMILES string of the molecule is CCCc1nc(-c2ccc(Br)cc2C)sc1CNC(C)C. The second-order valence-electron chi connectivity index (χ2n) is 5.63. The van der Waals surface area contributed by atoms with Gasteiger partial charge in [-0.25, -0.2) is 4.98 Å². The number of nitrogens with one attached hydrogen (secondary N) is 1. The Balaban J connectivity index is 2.33. The van der Waals surface area contributed by atoms with E-state index < -0.39 is 0 Å². The summed E-state index contributed by atoms with van der Waals surface area (Å²) in [5.41, 5.74) is 3.77. The molecule has 0 spiro atoms. The van der Waals surface area contributed by atoms with Gasteiger partial charge in [-0.2, -0.15) is 0 Å². The molecule has 1 heterocycles. The lowest BCUT2D eigenvalue weighted by Crippen LogP contribution is -2.21. The van der Waals surface area contributed by atoms with Crippen LogP contribution >= 0.6 is 27.3 Å². The van der Waals surface area contributed by atoms with Gasteiger partial charge < -0.3 is 5.32 Å². The molecule has 0 fully saturated rings. The summed E-state index contributed by atoms with van der Waals surface area (Å²) in [5, 5.41) is 4.65. The second kappa shape index (κ2) is 7.52. The van der Waals surface area contributed by atoms with E-state index in [-0.39, 0.29) is 0 Å². The average molecular weight is 367 g/mol. The van der Waals surface area contributed by atoms with Crippen LogP contribution in [0.3, 0.4) is 0 Å². The molecular formula is C17H23BrN2S. The molecule has 4 heteroatoms. The van der Waals surface area contributed by atoms with Gasteiger partial charge >= 0.3 is 0 Å². The van der Waals surface area contributed by atoms with Crippen LogP contribution in [0.5, 0.6) is 0 Å². The normalized spacial score (nSPS) is 11.3. The van der Waals surface area contributed by atoms with Crippen LogP contribution in [0.2, 0.25) is 0 Å². The summed E-state index contributed by atoms with van der Waals surface area (Å²) >= 11 is 5.35. The maximum Gasteiger partial charge on any atom is 0.124 e. The zero-order valence-electron chi connectivity index (χ0n) is 13.2. The van der Waals surface area contributed by atoms with Crippen molar-refractivity contribution < 1.29 is 0 Å². The van der Waals surface area contributed by atoms with E-state index in [4.69, 9.17) is 4.98 Å². The molecule has 0 aliphatic rings. The van der Waals surface area contributed by atoms with Crippen molar-refractivity contribution in [3.05, 3.63) is 38.8 Å². The first-order chi connectivity index (χ1) is 10.0. The van der Waals surface area contributed by atoms with Gasteiger partial charge in [-0.1, -0.05) is 49.2 Å². The maximum absolute atomic E-state index is 4.90. The summed E-state index contributed by atoms with van der Waals surface area (Å²) in [4.78, 5) is 6.28. The smallest absolute Gasteiger partial charge is 0.124 e.